The van der Waals surface area contributed by atoms with Gasteiger partial charge >= 0.3 is 0 Å². The number of aromatic hydroxyl groups is 1. The van der Waals surface area contributed by atoms with Gasteiger partial charge in [-0.25, -0.2) is 4.98 Å². The van der Waals surface area contributed by atoms with Crippen LogP contribution in [0.4, 0.5) is 0 Å². The number of H-pyrrole nitrogens is 1. The summed E-state index contributed by atoms with van der Waals surface area (Å²) in [7, 11) is 0. The van der Waals surface area contributed by atoms with Crippen molar-refractivity contribution in [1.82, 2.24) is 9.97 Å². The predicted octanol–water partition coefficient (Wildman–Crippen LogP) is 1.73. The number of aromatic amines is 1. The summed E-state index contributed by atoms with van der Waals surface area (Å²) in [4.78, 5) is 7.54. The molecular formula is C12H13N3O. The average Bonchev–Trinajstić information content (AvgIpc) is 2.84. The summed E-state index contributed by atoms with van der Waals surface area (Å²) in [5.41, 5.74) is 7.76. The molecule has 4 heteroatoms. The molecule has 82 valence electrons. The molecule has 0 spiro atoms. The van der Waals surface area contributed by atoms with E-state index in [1.807, 2.05) is 12.1 Å². The highest BCUT2D eigenvalue weighted by atomic mass is 16.3. The van der Waals surface area contributed by atoms with Crippen molar-refractivity contribution in [2.45, 2.75) is 18.4 Å². The van der Waals surface area contributed by atoms with Crippen molar-refractivity contribution >= 4 is 0 Å². The molecule has 0 amide bonds. The van der Waals surface area contributed by atoms with Crippen LogP contribution in [0.5, 0.6) is 5.75 Å². The largest absolute Gasteiger partial charge is 0.508 e. The Morgan fingerprint density at radius 2 is 1.94 bits per heavy atom. The molecule has 0 atom stereocenters. The van der Waals surface area contributed by atoms with Crippen molar-refractivity contribution in [2.24, 2.45) is 5.73 Å². The van der Waals surface area contributed by atoms with Gasteiger partial charge in [0.05, 0.1) is 17.4 Å². The molecule has 4 nitrogen and oxygen atoms in total. The first-order chi connectivity index (χ1) is 7.67. The number of nitrogens with one attached hydrogen (secondary N) is 1. The van der Waals surface area contributed by atoms with E-state index in [4.69, 9.17) is 5.73 Å². The van der Waals surface area contributed by atoms with Crippen molar-refractivity contribution in [3.05, 3.63) is 36.3 Å². The first-order valence-corrected chi connectivity index (χ1v) is 5.31. The Labute approximate surface area is 93.1 Å². The minimum atomic E-state index is -0.227. The van der Waals surface area contributed by atoms with Gasteiger partial charge in [0.1, 0.15) is 11.6 Å². The zero-order valence-electron chi connectivity index (χ0n) is 8.77. The van der Waals surface area contributed by atoms with Crippen molar-refractivity contribution in [2.75, 3.05) is 0 Å². The zero-order chi connectivity index (χ0) is 11.2. The van der Waals surface area contributed by atoms with Crippen LogP contribution in [0.3, 0.4) is 0 Å². The highest BCUT2D eigenvalue weighted by Gasteiger charge is 2.42. The number of hydrogen-bond acceptors (Lipinski definition) is 3. The Kier molecular flexibility index (Phi) is 1.82. The Hall–Kier alpha value is -1.81. The fourth-order valence-corrected chi connectivity index (χ4v) is 1.73. The highest BCUT2D eigenvalue weighted by molar-refractivity contribution is 5.59. The molecule has 4 N–H and O–H groups in total. The van der Waals surface area contributed by atoms with Gasteiger partial charge in [0.2, 0.25) is 0 Å². The first kappa shape index (κ1) is 9.42. The van der Waals surface area contributed by atoms with Crippen LogP contribution in [0, 0.1) is 0 Å². The molecular weight excluding hydrogens is 202 g/mol. The molecule has 0 saturated heterocycles. The van der Waals surface area contributed by atoms with E-state index in [-0.39, 0.29) is 11.3 Å². The molecule has 3 rings (SSSR count). The van der Waals surface area contributed by atoms with Crippen LogP contribution >= 0.6 is 0 Å². The van der Waals surface area contributed by atoms with Crippen molar-refractivity contribution in [3.63, 3.8) is 0 Å². The molecule has 1 fully saturated rings. The fourth-order valence-electron chi connectivity index (χ4n) is 1.73. The SMILES string of the molecule is NC1(c2ncc(-c3ccc(O)cc3)[nH]2)CC1. The van der Waals surface area contributed by atoms with Crippen molar-refractivity contribution in [3.8, 4) is 17.0 Å². The second-order valence-corrected chi connectivity index (χ2v) is 4.35. The quantitative estimate of drug-likeness (QED) is 0.714. The molecule has 2 aromatic rings. The normalized spacial score (nSPS) is 17.3. The lowest BCUT2D eigenvalue weighted by Gasteiger charge is -2.03. The number of hydrogen-bond donors (Lipinski definition) is 3. The van der Waals surface area contributed by atoms with Gasteiger partial charge in [0, 0.05) is 0 Å². The number of nitrogens with zero attached hydrogens (tertiary/aromatic N) is 1. The molecule has 1 aromatic carbocycles. The third-order valence-corrected chi connectivity index (χ3v) is 3.01. The van der Waals surface area contributed by atoms with Gasteiger partial charge in [0.15, 0.2) is 0 Å². The van der Waals surface area contributed by atoms with Crippen LogP contribution < -0.4 is 5.73 Å². The molecule has 0 radical (unpaired) electrons. The van der Waals surface area contributed by atoms with Crippen LogP contribution in [-0.2, 0) is 5.54 Å². The maximum Gasteiger partial charge on any atom is 0.126 e. The molecule has 1 aliphatic rings. The van der Waals surface area contributed by atoms with Gasteiger partial charge in [-0.15, -0.1) is 0 Å². The van der Waals surface area contributed by atoms with E-state index in [1.54, 1.807) is 18.3 Å². The summed E-state index contributed by atoms with van der Waals surface area (Å²) in [6.07, 6.45) is 3.78. The first-order valence-electron chi connectivity index (χ1n) is 5.31. The maximum atomic E-state index is 9.20. The second kappa shape index (κ2) is 3.09. The summed E-state index contributed by atoms with van der Waals surface area (Å²) < 4.78 is 0. The van der Waals surface area contributed by atoms with E-state index < -0.39 is 0 Å². The number of benzene rings is 1. The van der Waals surface area contributed by atoms with Gasteiger partial charge in [-0.3, -0.25) is 0 Å². The Morgan fingerprint density at radius 1 is 1.25 bits per heavy atom. The third-order valence-electron chi connectivity index (χ3n) is 3.01. The molecule has 0 unspecified atom stereocenters. The summed E-state index contributed by atoms with van der Waals surface area (Å²) in [6.45, 7) is 0. The monoisotopic (exact) mass is 215 g/mol. The Morgan fingerprint density at radius 3 is 2.56 bits per heavy atom. The van der Waals surface area contributed by atoms with E-state index in [0.29, 0.717) is 0 Å². The van der Waals surface area contributed by atoms with Crippen molar-refractivity contribution < 1.29 is 5.11 Å². The number of phenols is 1. The van der Waals surface area contributed by atoms with E-state index in [1.165, 1.54) is 0 Å². The van der Waals surface area contributed by atoms with E-state index in [9.17, 15) is 5.11 Å². The topological polar surface area (TPSA) is 74.9 Å². The van der Waals surface area contributed by atoms with Gasteiger partial charge < -0.3 is 15.8 Å². The van der Waals surface area contributed by atoms with Gasteiger partial charge in [0.25, 0.3) is 0 Å². The smallest absolute Gasteiger partial charge is 0.126 e. The number of aromatic nitrogens is 2. The number of imidazole rings is 1. The van der Waals surface area contributed by atoms with E-state index >= 15 is 0 Å². The second-order valence-electron chi connectivity index (χ2n) is 4.35. The lowest BCUT2D eigenvalue weighted by atomic mass is 10.2. The van der Waals surface area contributed by atoms with Gasteiger partial charge in [-0.05, 0) is 42.7 Å². The van der Waals surface area contributed by atoms with Crippen LogP contribution in [-0.4, -0.2) is 15.1 Å². The Bertz CT molecular complexity index is 511. The molecule has 1 saturated carbocycles. The minimum Gasteiger partial charge on any atom is -0.508 e. The van der Waals surface area contributed by atoms with Gasteiger partial charge in [-0.2, -0.15) is 0 Å². The van der Waals surface area contributed by atoms with E-state index in [0.717, 1.165) is 29.9 Å². The summed E-state index contributed by atoms with van der Waals surface area (Å²) >= 11 is 0. The fraction of sp³-hybridized carbons (Fsp3) is 0.250. The minimum absolute atomic E-state index is 0.227. The lowest BCUT2D eigenvalue weighted by Crippen LogP contribution is -2.20. The lowest BCUT2D eigenvalue weighted by molar-refractivity contribution is 0.475. The molecule has 0 bridgehead atoms. The summed E-state index contributed by atoms with van der Waals surface area (Å²) in [5.74, 6) is 1.12. The zero-order valence-corrected chi connectivity index (χ0v) is 8.77. The molecule has 1 aliphatic carbocycles. The van der Waals surface area contributed by atoms with Gasteiger partial charge in [-0.1, -0.05) is 0 Å². The maximum absolute atomic E-state index is 9.20. The van der Waals surface area contributed by atoms with Crippen LogP contribution in [0.2, 0.25) is 0 Å². The molecule has 1 heterocycles. The molecule has 1 aromatic heterocycles. The predicted molar refractivity (Wildman–Crippen MR) is 60.8 cm³/mol. The van der Waals surface area contributed by atoms with Crippen molar-refractivity contribution in [1.29, 1.82) is 0 Å². The Balaban J connectivity index is 1.95. The summed E-state index contributed by atoms with van der Waals surface area (Å²) in [6, 6.07) is 7.02. The van der Waals surface area contributed by atoms with E-state index in [2.05, 4.69) is 9.97 Å². The number of rotatable bonds is 2. The number of phenolic OH excluding ortho intramolecular Hbond substituents is 1. The molecule has 16 heavy (non-hydrogen) atoms. The van der Waals surface area contributed by atoms with Crippen LogP contribution in [0.15, 0.2) is 30.5 Å². The standard InChI is InChI=1S/C12H13N3O/c13-12(5-6-12)11-14-7-10(15-11)8-1-3-9(16)4-2-8/h1-4,7,16H,5-6,13H2,(H,14,15). The van der Waals surface area contributed by atoms with Crippen LogP contribution in [0.1, 0.15) is 18.7 Å². The number of nitrogens with two attached hydrogens (primary N) is 1. The third kappa shape index (κ3) is 1.47. The van der Waals surface area contributed by atoms with Crippen LogP contribution in [0.25, 0.3) is 11.3 Å². The summed E-state index contributed by atoms with van der Waals surface area (Å²) in [5, 5.41) is 9.20. The highest BCUT2D eigenvalue weighted by Crippen LogP contribution is 2.41. The average molecular weight is 215 g/mol. The molecule has 0 aliphatic heterocycles.